The minimum atomic E-state index is -1.06. The van der Waals surface area contributed by atoms with Crippen molar-refractivity contribution in [3.63, 3.8) is 0 Å². The fourth-order valence-electron chi connectivity index (χ4n) is 2.71. The van der Waals surface area contributed by atoms with Crippen LogP contribution in [0.1, 0.15) is 43.2 Å². The third-order valence-corrected chi connectivity index (χ3v) is 3.53. The average molecular weight is 251 g/mol. The molecule has 98 valence electrons. The lowest BCUT2D eigenvalue weighted by molar-refractivity contribution is -0.148. The number of carbonyl (C=O) groups excluding carboxylic acids is 1. The van der Waals surface area contributed by atoms with E-state index in [1.54, 1.807) is 12.1 Å². The number of hydrogen-bond acceptors (Lipinski definition) is 3. The van der Waals surface area contributed by atoms with Crippen molar-refractivity contribution < 1.29 is 19.1 Å². The summed E-state index contributed by atoms with van der Waals surface area (Å²) in [7, 11) is 0. The molecule has 18 heavy (non-hydrogen) atoms. The smallest absolute Gasteiger partial charge is 0.329 e. The average Bonchev–Trinajstić information content (AvgIpc) is 2.98. The molecule has 0 aliphatic carbocycles. The molecule has 0 radical (unpaired) electrons. The van der Waals surface area contributed by atoms with Crippen molar-refractivity contribution in [3.8, 4) is 0 Å². The molecular weight excluding hydrogens is 234 g/mol. The van der Waals surface area contributed by atoms with Crippen LogP contribution in [0.2, 0.25) is 0 Å². The third kappa shape index (κ3) is 1.89. The molecule has 1 N–H and O–H groups in total. The Morgan fingerprint density at radius 1 is 1.56 bits per heavy atom. The quantitative estimate of drug-likeness (QED) is 0.890. The van der Waals surface area contributed by atoms with Crippen LogP contribution < -0.4 is 0 Å². The van der Waals surface area contributed by atoms with E-state index in [-0.39, 0.29) is 11.7 Å². The number of nitrogens with zero attached hydrogens (tertiary/aromatic N) is 1. The van der Waals surface area contributed by atoms with Gasteiger partial charge in [-0.3, -0.25) is 4.79 Å². The molecule has 0 bridgehead atoms. The van der Waals surface area contributed by atoms with E-state index >= 15 is 0 Å². The topological polar surface area (TPSA) is 70.8 Å². The van der Waals surface area contributed by atoms with Crippen LogP contribution in [0.3, 0.4) is 0 Å². The van der Waals surface area contributed by atoms with Gasteiger partial charge in [0, 0.05) is 6.54 Å². The first kappa shape index (κ1) is 12.7. The van der Waals surface area contributed by atoms with Crippen LogP contribution in [0, 0.1) is 0 Å². The molecule has 1 aliphatic heterocycles. The Hall–Kier alpha value is -1.78. The monoisotopic (exact) mass is 251 g/mol. The van der Waals surface area contributed by atoms with E-state index in [4.69, 9.17) is 4.42 Å². The lowest BCUT2D eigenvalue weighted by atomic mass is 9.90. The number of amides is 1. The number of rotatable bonds is 4. The van der Waals surface area contributed by atoms with Crippen molar-refractivity contribution in [1.29, 1.82) is 0 Å². The Balaban J connectivity index is 2.30. The van der Waals surface area contributed by atoms with Crippen molar-refractivity contribution >= 4 is 11.9 Å². The summed E-state index contributed by atoms with van der Waals surface area (Å²) >= 11 is 0. The lowest BCUT2D eigenvalue weighted by Gasteiger charge is -2.34. The first-order valence-electron chi connectivity index (χ1n) is 6.20. The summed E-state index contributed by atoms with van der Waals surface area (Å²) < 4.78 is 5.07. The molecule has 1 amide bonds. The van der Waals surface area contributed by atoms with E-state index < -0.39 is 11.5 Å². The van der Waals surface area contributed by atoms with Gasteiger partial charge < -0.3 is 14.4 Å². The predicted molar refractivity (Wildman–Crippen MR) is 64.3 cm³/mol. The van der Waals surface area contributed by atoms with Gasteiger partial charge in [0.2, 0.25) is 0 Å². The van der Waals surface area contributed by atoms with Crippen molar-refractivity contribution in [3.05, 3.63) is 24.2 Å². The number of carboxylic acids is 1. The number of aliphatic carboxylic acids is 1. The van der Waals surface area contributed by atoms with Gasteiger partial charge in [-0.2, -0.15) is 0 Å². The van der Waals surface area contributed by atoms with Gasteiger partial charge in [-0.15, -0.1) is 0 Å². The van der Waals surface area contributed by atoms with Gasteiger partial charge in [-0.1, -0.05) is 13.3 Å². The normalized spacial score (nSPS) is 23.3. The highest BCUT2D eigenvalue weighted by molar-refractivity contribution is 5.96. The SMILES string of the molecule is CCCC1(C(=O)O)CCCN1C(=O)c1ccco1. The van der Waals surface area contributed by atoms with Crippen LogP contribution in [0.25, 0.3) is 0 Å². The lowest BCUT2D eigenvalue weighted by Crippen LogP contribution is -2.53. The zero-order chi connectivity index (χ0) is 13.2. The van der Waals surface area contributed by atoms with E-state index in [0.717, 1.165) is 12.8 Å². The molecular formula is C13H17NO4. The maximum Gasteiger partial charge on any atom is 0.329 e. The van der Waals surface area contributed by atoms with Crippen LogP contribution in [-0.4, -0.2) is 34.0 Å². The van der Waals surface area contributed by atoms with Crippen LogP contribution in [0.15, 0.2) is 22.8 Å². The van der Waals surface area contributed by atoms with E-state index in [2.05, 4.69) is 0 Å². The second-order valence-electron chi connectivity index (χ2n) is 4.62. The van der Waals surface area contributed by atoms with Crippen molar-refractivity contribution in [1.82, 2.24) is 4.90 Å². The summed E-state index contributed by atoms with van der Waals surface area (Å²) in [5.74, 6) is -1.03. The molecule has 0 saturated carbocycles. The Bertz CT molecular complexity index is 440. The van der Waals surface area contributed by atoms with Crippen molar-refractivity contribution in [2.75, 3.05) is 6.54 Å². The highest BCUT2D eigenvalue weighted by Gasteiger charge is 2.49. The summed E-state index contributed by atoms with van der Waals surface area (Å²) in [5.41, 5.74) is -1.06. The van der Waals surface area contributed by atoms with E-state index in [0.29, 0.717) is 19.4 Å². The fourth-order valence-corrected chi connectivity index (χ4v) is 2.71. The van der Waals surface area contributed by atoms with E-state index in [1.165, 1.54) is 11.2 Å². The number of furan rings is 1. The first-order chi connectivity index (χ1) is 8.62. The van der Waals surface area contributed by atoms with Crippen LogP contribution >= 0.6 is 0 Å². The van der Waals surface area contributed by atoms with Crippen LogP contribution in [-0.2, 0) is 4.79 Å². The Morgan fingerprint density at radius 3 is 2.89 bits per heavy atom. The highest BCUT2D eigenvalue weighted by Crippen LogP contribution is 2.35. The maximum atomic E-state index is 12.3. The van der Waals surface area contributed by atoms with Gasteiger partial charge in [-0.05, 0) is 31.4 Å². The second-order valence-corrected chi connectivity index (χ2v) is 4.62. The van der Waals surface area contributed by atoms with Gasteiger partial charge >= 0.3 is 5.97 Å². The Labute approximate surface area is 105 Å². The zero-order valence-electron chi connectivity index (χ0n) is 10.4. The van der Waals surface area contributed by atoms with Crippen LogP contribution in [0.5, 0.6) is 0 Å². The summed E-state index contributed by atoms with van der Waals surface area (Å²) in [4.78, 5) is 25.3. The number of hydrogen-bond donors (Lipinski definition) is 1. The molecule has 2 rings (SSSR count). The van der Waals surface area contributed by atoms with Crippen molar-refractivity contribution in [2.24, 2.45) is 0 Å². The minimum absolute atomic E-state index is 0.207. The Kier molecular flexibility index (Phi) is 3.41. The van der Waals surface area contributed by atoms with Gasteiger partial charge in [-0.25, -0.2) is 4.79 Å². The molecule has 1 saturated heterocycles. The molecule has 0 spiro atoms. The summed E-state index contributed by atoms with van der Waals surface area (Å²) in [6, 6.07) is 3.20. The maximum absolute atomic E-state index is 12.3. The van der Waals surface area contributed by atoms with Gasteiger partial charge in [0.15, 0.2) is 5.76 Å². The first-order valence-corrected chi connectivity index (χ1v) is 6.20. The molecule has 1 aromatic rings. The zero-order valence-corrected chi connectivity index (χ0v) is 10.4. The highest BCUT2D eigenvalue weighted by atomic mass is 16.4. The standard InChI is InChI=1S/C13H17NO4/c1-2-6-13(12(16)17)7-4-8-14(13)11(15)10-5-3-9-18-10/h3,5,9H,2,4,6-8H2,1H3,(H,16,17). The molecule has 1 aliphatic rings. The molecule has 5 nitrogen and oxygen atoms in total. The van der Waals surface area contributed by atoms with E-state index in [1.807, 2.05) is 6.92 Å². The number of carbonyl (C=O) groups is 2. The molecule has 2 heterocycles. The number of likely N-dealkylation sites (tertiary alicyclic amines) is 1. The molecule has 5 heteroatoms. The summed E-state index contributed by atoms with van der Waals surface area (Å²) in [5, 5.41) is 9.49. The van der Waals surface area contributed by atoms with Gasteiger partial charge in [0.25, 0.3) is 5.91 Å². The summed E-state index contributed by atoms with van der Waals surface area (Å²) in [6.45, 7) is 2.41. The third-order valence-electron chi connectivity index (χ3n) is 3.53. The number of carboxylic acid groups (broad SMARTS) is 1. The predicted octanol–water partition coefficient (Wildman–Crippen LogP) is 2.14. The fraction of sp³-hybridized carbons (Fsp3) is 0.538. The van der Waals surface area contributed by atoms with Gasteiger partial charge in [0.05, 0.1) is 6.26 Å². The second kappa shape index (κ2) is 4.84. The van der Waals surface area contributed by atoms with E-state index in [9.17, 15) is 14.7 Å². The van der Waals surface area contributed by atoms with Crippen molar-refractivity contribution in [2.45, 2.75) is 38.1 Å². The molecule has 1 aromatic heterocycles. The minimum Gasteiger partial charge on any atom is -0.479 e. The largest absolute Gasteiger partial charge is 0.479 e. The molecule has 1 unspecified atom stereocenters. The van der Waals surface area contributed by atoms with Crippen LogP contribution in [0.4, 0.5) is 0 Å². The molecule has 1 atom stereocenters. The summed E-state index contributed by atoms with van der Waals surface area (Å²) in [6.07, 6.45) is 3.87. The molecule has 1 fully saturated rings. The van der Waals surface area contributed by atoms with Gasteiger partial charge in [0.1, 0.15) is 5.54 Å². The molecule has 0 aromatic carbocycles. The Morgan fingerprint density at radius 2 is 2.33 bits per heavy atom.